The van der Waals surface area contributed by atoms with E-state index in [2.05, 4.69) is 5.32 Å². The number of amides is 1. The number of fused-ring (bicyclic) bond motifs is 1. The van der Waals surface area contributed by atoms with Gasteiger partial charge >= 0.3 is 0 Å². The quantitative estimate of drug-likeness (QED) is 0.752. The molecule has 23 heavy (non-hydrogen) atoms. The molecule has 2 nitrogen and oxygen atoms in total. The van der Waals surface area contributed by atoms with Crippen molar-refractivity contribution in [3.05, 3.63) is 83.4 Å². The van der Waals surface area contributed by atoms with Gasteiger partial charge in [0.25, 0.3) is 5.91 Å². The van der Waals surface area contributed by atoms with Gasteiger partial charge in [0.15, 0.2) is 0 Å². The summed E-state index contributed by atoms with van der Waals surface area (Å²) in [5.41, 5.74) is 0.314. The third-order valence-electron chi connectivity index (χ3n) is 3.81. The summed E-state index contributed by atoms with van der Waals surface area (Å²) in [4.78, 5) is 12.1. The summed E-state index contributed by atoms with van der Waals surface area (Å²) in [5, 5.41) is 4.78. The molecule has 1 unspecified atom stereocenters. The summed E-state index contributed by atoms with van der Waals surface area (Å²) >= 11 is 0. The Morgan fingerprint density at radius 3 is 2.26 bits per heavy atom. The largest absolute Gasteiger partial charge is 0.345 e. The second-order valence-electron chi connectivity index (χ2n) is 5.40. The van der Waals surface area contributed by atoms with E-state index in [-0.39, 0.29) is 6.04 Å². The van der Waals surface area contributed by atoms with Gasteiger partial charge in [0.1, 0.15) is 17.2 Å². The van der Waals surface area contributed by atoms with Crippen molar-refractivity contribution < 1.29 is 13.6 Å². The molecule has 3 rings (SSSR count). The van der Waals surface area contributed by atoms with Crippen LogP contribution in [0.5, 0.6) is 0 Å². The highest BCUT2D eigenvalue weighted by Gasteiger charge is 2.19. The SMILES string of the molecule is CC(NC(=O)c1c(F)cccc1F)c1ccc2ccccc2c1. The van der Waals surface area contributed by atoms with Crippen LogP contribution < -0.4 is 5.32 Å². The smallest absolute Gasteiger partial charge is 0.257 e. The predicted molar refractivity (Wildman–Crippen MR) is 86.2 cm³/mol. The normalized spacial score (nSPS) is 12.1. The van der Waals surface area contributed by atoms with Crippen molar-refractivity contribution in [1.82, 2.24) is 5.32 Å². The lowest BCUT2D eigenvalue weighted by Crippen LogP contribution is -2.28. The standard InChI is InChI=1S/C19H15F2NO/c1-12(14-10-9-13-5-2-3-6-15(13)11-14)22-19(23)18-16(20)7-4-8-17(18)21/h2-12H,1H3,(H,22,23). The number of rotatable bonds is 3. The van der Waals surface area contributed by atoms with Gasteiger partial charge in [0, 0.05) is 0 Å². The van der Waals surface area contributed by atoms with Gasteiger partial charge in [-0.2, -0.15) is 0 Å². The molecule has 1 atom stereocenters. The number of hydrogen-bond acceptors (Lipinski definition) is 1. The Morgan fingerprint density at radius 2 is 1.57 bits per heavy atom. The Kier molecular flexibility index (Phi) is 4.06. The number of carbonyl (C=O) groups is 1. The number of hydrogen-bond donors (Lipinski definition) is 1. The highest BCUT2D eigenvalue weighted by Crippen LogP contribution is 2.21. The number of nitrogens with one attached hydrogen (secondary N) is 1. The number of halogens is 2. The van der Waals surface area contributed by atoms with Gasteiger partial charge in [-0.05, 0) is 41.5 Å². The van der Waals surface area contributed by atoms with Gasteiger partial charge in [-0.1, -0.05) is 42.5 Å². The van der Waals surface area contributed by atoms with E-state index in [0.29, 0.717) is 0 Å². The van der Waals surface area contributed by atoms with Crippen LogP contribution in [0.4, 0.5) is 8.78 Å². The molecule has 1 amide bonds. The topological polar surface area (TPSA) is 29.1 Å². The molecule has 0 aliphatic heterocycles. The lowest BCUT2D eigenvalue weighted by molar-refractivity contribution is 0.0931. The van der Waals surface area contributed by atoms with Gasteiger partial charge in [-0.25, -0.2) is 8.78 Å². The van der Waals surface area contributed by atoms with Crippen LogP contribution in [0.3, 0.4) is 0 Å². The maximum Gasteiger partial charge on any atom is 0.257 e. The van der Waals surface area contributed by atoms with Crippen LogP contribution in [0, 0.1) is 11.6 Å². The second kappa shape index (κ2) is 6.16. The average molecular weight is 311 g/mol. The van der Waals surface area contributed by atoms with E-state index in [4.69, 9.17) is 0 Å². The molecule has 0 spiro atoms. The van der Waals surface area contributed by atoms with Crippen LogP contribution in [0.1, 0.15) is 28.9 Å². The summed E-state index contributed by atoms with van der Waals surface area (Å²) in [7, 11) is 0. The van der Waals surface area contributed by atoms with Crippen molar-refractivity contribution in [2.75, 3.05) is 0 Å². The number of benzene rings is 3. The zero-order chi connectivity index (χ0) is 16.4. The van der Waals surface area contributed by atoms with Gasteiger partial charge in [-0.3, -0.25) is 4.79 Å². The Bertz CT molecular complexity index is 856. The van der Waals surface area contributed by atoms with Crippen molar-refractivity contribution in [3.8, 4) is 0 Å². The molecule has 0 fully saturated rings. The lowest BCUT2D eigenvalue weighted by Gasteiger charge is -2.15. The highest BCUT2D eigenvalue weighted by atomic mass is 19.1. The van der Waals surface area contributed by atoms with Crippen molar-refractivity contribution in [2.45, 2.75) is 13.0 Å². The molecule has 3 aromatic carbocycles. The highest BCUT2D eigenvalue weighted by molar-refractivity contribution is 5.95. The van der Waals surface area contributed by atoms with Gasteiger partial charge in [0.2, 0.25) is 0 Å². The minimum atomic E-state index is -0.867. The van der Waals surface area contributed by atoms with Gasteiger partial charge < -0.3 is 5.32 Å². The molecule has 0 heterocycles. The van der Waals surface area contributed by atoms with E-state index < -0.39 is 23.1 Å². The monoisotopic (exact) mass is 311 g/mol. The lowest BCUT2D eigenvalue weighted by atomic mass is 10.0. The van der Waals surface area contributed by atoms with E-state index in [1.807, 2.05) is 42.5 Å². The van der Waals surface area contributed by atoms with Crippen LogP contribution in [0.25, 0.3) is 10.8 Å². The maximum atomic E-state index is 13.7. The van der Waals surface area contributed by atoms with Crippen LogP contribution in [-0.4, -0.2) is 5.91 Å². The Labute approximate surface area is 132 Å². The van der Waals surface area contributed by atoms with Crippen LogP contribution in [-0.2, 0) is 0 Å². The van der Waals surface area contributed by atoms with Gasteiger partial charge in [0.05, 0.1) is 6.04 Å². The second-order valence-corrected chi connectivity index (χ2v) is 5.40. The number of carbonyl (C=O) groups excluding carboxylic acids is 1. The van der Waals surface area contributed by atoms with E-state index >= 15 is 0 Å². The summed E-state index contributed by atoms with van der Waals surface area (Å²) in [5.74, 6) is -2.50. The first-order valence-electron chi connectivity index (χ1n) is 7.30. The molecule has 0 saturated carbocycles. The Hall–Kier alpha value is -2.75. The van der Waals surface area contributed by atoms with Crippen LogP contribution >= 0.6 is 0 Å². The molecule has 116 valence electrons. The molecule has 0 radical (unpaired) electrons. The third kappa shape index (κ3) is 3.06. The van der Waals surface area contributed by atoms with Gasteiger partial charge in [-0.15, -0.1) is 0 Å². The fraction of sp³-hybridized carbons (Fsp3) is 0.105. The first kappa shape index (κ1) is 15.2. The van der Waals surface area contributed by atoms with Crippen molar-refractivity contribution >= 4 is 16.7 Å². The third-order valence-corrected chi connectivity index (χ3v) is 3.81. The average Bonchev–Trinajstić information content (AvgIpc) is 2.54. The van der Waals surface area contributed by atoms with E-state index in [0.717, 1.165) is 28.5 Å². The molecule has 0 aliphatic carbocycles. The summed E-state index contributed by atoms with van der Waals surface area (Å²) in [6.45, 7) is 1.78. The molecular formula is C19H15F2NO. The predicted octanol–water partition coefficient (Wildman–Crippen LogP) is 4.61. The van der Waals surface area contributed by atoms with Crippen molar-refractivity contribution in [2.24, 2.45) is 0 Å². The Morgan fingerprint density at radius 1 is 0.913 bits per heavy atom. The fourth-order valence-corrected chi connectivity index (χ4v) is 2.54. The minimum Gasteiger partial charge on any atom is -0.345 e. The van der Waals surface area contributed by atoms with Crippen LogP contribution in [0.2, 0.25) is 0 Å². The van der Waals surface area contributed by atoms with E-state index in [1.165, 1.54) is 6.07 Å². The zero-order valence-electron chi connectivity index (χ0n) is 12.5. The van der Waals surface area contributed by atoms with Crippen molar-refractivity contribution in [1.29, 1.82) is 0 Å². The summed E-state index contributed by atoms with van der Waals surface area (Å²) in [6.07, 6.45) is 0. The van der Waals surface area contributed by atoms with Crippen LogP contribution in [0.15, 0.2) is 60.7 Å². The molecule has 3 aromatic rings. The first-order chi connectivity index (χ1) is 11.1. The molecular weight excluding hydrogens is 296 g/mol. The summed E-state index contributed by atoms with van der Waals surface area (Å²) in [6, 6.07) is 16.7. The molecule has 0 saturated heterocycles. The maximum absolute atomic E-state index is 13.7. The molecule has 4 heteroatoms. The van der Waals surface area contributed by atoms with E-state index in [9.17, 15) is 13.6 Å². The Balaban J connectivity index is 1.85. The first-order valence-corrected chi connectivity index (χ1v) is 7.30. The molecule has 0 bridgehead atoms. The van der Waals surface area contributed by atoms with E-state index in [1.54, 1.807) is 6.92 Å². The fourth-order valence-electron chi connectivity index (χ4n) is 2.54. The summed E-state index contributed by atoms with van der Waals surface area (Å²) < 4.78 is 27.3. The minimum absolute atomic E-state index is 0.369. The molecule has 0 aliphatic rings. The zero-order valence-corrected chi connectivity index (χ0v) is 12.5. The molecule has 1 N–H and O–H groups in total. The molecule has 0 aromatic heterocycles. The van der Waals surface area contributed by atoms with Crippen molar-refractivity contribution in [3.63, 3.8) is 0 Å².